The third kappa shape index (κ3) is 4.38. The van der Waals surface area contributed by atoms with E-state index in [1.807, 2.05) is 6.92 Å². The number of amides is 1. The summed E-state index contributed by atoms with van der Waals surface area (Å²) < 4.78 is 0.591. The summed E-state index contributed by atoms with van der Waals surface area (Å²) in [4.78, 5) is 11.8. The van der Waals surface area contributed by atoms with Gasteiger partial charge >= 0.3 is 0 Å². The number of phenols is 1. The fourth-order valence-corrected chi connectivity index (χ4v) is 1.79. The van der Waals surface area contributed by atoms with E-state index in [4.69, 9.17) is 0 Å². The molecule has 1 unspecified atom stereocenters. The summed E-state index contributed by atoms with van der Waals surface area (Å²) in [5.74, 6) is -0.0599. The number of hydrogen-bond acceptors (Lipinski definition) is 2. The van der Waals surface area contributed by atoms with E-state index < -0.39 is 0 Å². The Kier molecular flexibility index (Phi) is 5.48. The van der Waals surface area contributed by atoms with Crippen LogP contribution in [0.2, 0.25) is 0 Å². The highest BCUT2D eigenvalue weighted by atomic mass is 79.9. The maximum Gasteiger partial charge on any atom is 0.251 e. The van der Waals surface area contributed by atoms with Crippen molar-refractivity contribution in [1.29, 1.82) is 0 Å². The molecule has 1 rings (SSSR count). The lowest BCUT2D eigenvalue weighted by Gasteiger charge is -2.13. The molecule has 2 N–H and O–H groups in total. The average Bonchev–Trinajstić information content (AvgIpc) is 2.30. The van der Waals surface area contributed by atoms with Crippen LogP contribution < -0.4 is 5.32 Å². The molecule has 0 radical (unpaired) electrons. The molecule has 0 aliphatic rings. The van der Waals surface area contributed by atoms with Crippen molar-refractivity contribution < 1.29 is 9.90 Å². The lowest BCUT2D eigenvalue weighted by atomic mass is 10.1. The summed E-state index contributed by atoms with van der Waals surface area (Å²) in [6.07, 6.45) is 3.21. The molecule has 0 heterocycles. The van der Waals surface area contributed by atoms with E-state index in [9.17, 15) is 9.90 Å². The first-order valence-corrected chi connectivity index (χ1v) is 6.63. The van der Waals surface area contributed by atoms with E-state index >= 15 is 0 Å². The van der Waals surface area contributed by atoms with Gasteiger partial charge < -0.3 is 10.4 Å². The number of unbranched alkanes of at least 4 members (excludes halogenated alkanes) is 1. The Hall–Kier alpha value is -1.03. The fraction of sp³-hybridized carbons (Fsp3) is 0.462. The van der Waals surface area contributed by atoms with Crippen LogP contribution >= 0.6 is 15.9 Å². The zero-order valence-electron chi connectivity index (χ0n) is 10.2. The van der Waals surface area contributed by atoms with E-state index in [1.54, 1.807) is 12.1 Å². The van der Waals surface area contributed by atoms with Crippen molar-refractivity contribution >= 4 is 21.8 Å². The Labute approximate surface area is 110 Å². The van der Waals surface area contributed by atoms with Crippen molar-refractivity contribution in [3.05, 3.63) is 28.2 Å². The van der Waals surface area contributed by atoms with Crippen LogP contribution in [0.15, 0.2) is 22.7 Å². The Morgan fingerprint density at radius 1 is 1.53 bits per heavy atom. The second kappa shape index (κ2) is 6.64. The Morgan fingerprint density at radius 2 is 2.24 bits per heavy atom. The largest absolute Gasteiger partial charge is 0.507 e. The molecule has 0 saturated heterocycles. The summed E-state index contributed by atoms with van der Waals surface area (Å²) in [6, 6.07) is 4.98. The van der Waals surface area contributed by atoms with Crippen molar-refractivity contribution in [1.82, 2.24) is 5.32 Å². The van der Waals surface area contributed by atoms with Crippen LogP contribution in [0.4, 0.5) is 0 Å². The smallest absolute Gasteiger partial charge is 0.251 e. The van der Waals surface area contributed by atoms with Gasteiger partial charge in [-0.3, -0.25) is 4.79 Å². The minimum absolute atomic E-state index is 0.0823. The quantitative estimate of drug-likeness (QED) is 0.875. The monoisotopic (exact) mass is 299 g/mol. The SMILES string of the molecule is CCCCC(C)NC(=O)c1ccc(Br)c(O)c1. The van der Waals surface area contributed by atoms with Crippen LogP contribution in [0.5, 0.6) is 5.75 Å². The maximum atomic E-state index is 11.8. The number of phenolic OH excluding ortho intramolecular Hbond substituents is 1. The summed E-state index contributed by atoms with van der Waals surface area (Å²) in [5.41, 5.74) is 0.481. The van der Waals surface area contributed by atoms with Crippen LogP contribution in [0.25, 0.3) is 0 Å². The van der Waals surface area contributed by atoms with Gasteiger partial charge in [0, 0.05) is 11.6 Å². The third-order valence-electron chi connectivity index (χ3n) is 2.58. The maximum absolute atomic E-state index is 11.8. The molecule has 1 aromatic carbocycles. The first-order valence-electron chi connectivity index (χ1n) is 5.84. The molecule has 3 nitrogen and oxygen atoms in total. The van der Waals surface area contributed by atoms with Gasteiger partial charge in [-0.2, -0.15) is 0 Å². The highest BCUT2D eigenvalue weighted by Crippen LogP contribution is 2.24. The van der Waals surface area contributed by atoms with Crippen molar-refractivity contribution in [2.45, 2.75) is 39.2 Å². The number of rotatable bonds is 5. The van der Waals surface area contributed by atoms with Gasteiger partial charge in [0.25, 0.3) is 5.91 Å². The van der Waals surface area contributed by atoms with Gasteiger partial charge in [-0.15, -0.1) is 0 Å². The lowest BCUT2D eigenvalue weighted by Crippen LogP contribution is -2.32. The lowest BCUT2D eigenvalue weighted by molar-refractivity contribution is 0.0937. The molecule has 0 saturated carbocycles. The highest BCUT2D eigenvalue weighted by molar-refractivity contribution is 9.10. The molecule has 0 spiro atoms. The molecular formula is C13H18BrNO2. The molecule has 1 aromatic rings. The van der Waals surface area contributed by atoms with E-state index in [0.717, 1.165) is 19.3 Å². The molecule has 0 aromatic heterocycles. The molecule has 0 bridgehead atoms. The van der Waals surface area contributed by atoms with Crippen LogP contribution in [-0.4, -0.2) is 17.1 Å². The Balaban J connectivity index is 2.60. The topological polar surface area (TPSA) is 49.3 Å². The summed E-state index contributed by atoms with van der Waals surface area (Å²) >= 11 is 3.18. The predicted molar refractivity (Wildman–Crippen MR) is 72.3 cm³/mol. The molecule has 0 fully saturated rings. The number of carbonyl (C=O) groups is 1. The van der Waals surface area contributed by atoms with Crippen LogP contribution in [0.3, 0.4) is 0 Å². The van der Waals surface area contributed by atoms with Gasteiger partial charge in [0.1, 0.15) is 5.75 Å². The van der Waals surface area contributed by atoms with E-state index in [1.165, 1.54) is 6.07 Å². The number of nitrogens with one attached hydrogen (secondary N) is 1. The van der Waals surface area contributed by atoms with Gasteiger partial charge in [-0.25, -0.2) is 0 Å². The van der Waals surface area contributed by atoms with E-state index in [2.05, 4.69) is 28.2 Å². The Bertz CT molecular complexity index is 393. The van der Waals surface area contributed by atoms with Gasteiger partial charge in [-0.05, 0) is 47.5 Å². The van der Waals surface area contributed by atoms with E-state index in [-0.39, 0.29) is 17.7 Å². The van der Waals surface area contributed by atoms with Crippen molar-refractivity contribution in [3.8, 4) is 5.75 Å². The third-order valence-corrected chi connectivity index (χ3v) is 3.25. The zero-order valence-corrected chi connectivity index (χ0v) is 11.8. The second-order valence-electron chi connectivity index (χ2n) is 4.18. The molecule has 1 amide bonds. The average molecular weight is 300 g/mol. The Morgan fingerprint density at radius 3 is 2.82 bits per heavy atom. The molecule has 4 heteroatoms. The standard InChI is InChI=1S/C13H18BrNO2/c1-3-4-5-9(2)15-13(17)10-6-7-11(14)12(16)8-10/h6-9,16H,3-5H2,1-2H3,(H,15,17). The van der Waals surface area contributed by atoms with Crippen molar-refractivity contribution in [2.75, 3.05) is 0 Å². The molecule has 0 aliphatic carbocycles. The predicted octanol–water partition coefficient (Wildman–Crippen LogP) is 3.46. The van der Waals surface area contributed by atoms with Gasteiger partial charge in [0.15, 0.2) is 0 Å². The second-order valence-corrected chi connectivity index (χ2v) is 5.04. The van der Waals surface area contributed by atoms with Crippen LogP contribution in [0, 0.1) is 0 Å². The van der Waals surface area contributed by atoms with Gasteiger partial charge in [0.2, 0.25) is 0 Å². The van der Waals surface area contributed by atoms with Crippen molar-refractivity contribution in [2.24, 2.45) is 0 Å². The number of hydrogen-bond donors (Lipinski definition) is 2. The normalized spacial score (nSPS) is 12.2. The highest BCUT2D eigenvalue weighted by Gasteiger charge is 2.10. The number of benzene rings is 1. The molecule has 0 aliphatic heterocycles. The van der Waals surface area contributed by atoms with Crippen molar-refractivity contribution in [3.63, 3.8) is 0 Å². The summed E-state index contributed by atoms with van der Waals surface area (Å²) in [6.45, 7) is 4.12. The number of carbonyl (C=O) groups excluding carboxylic acids is 1. The van der Waals surface area contributed by atoms with E-state index in [0.29, 0.717) is 10.0 Å². The fourth-order valence-electron chi connectivity index (χ4n) is 1.54. The molecular weight excluding hydrogens is 282 g/mol. The minimum Gasteiger partial charge on any atom is -0.507 e. The summed E-state index contributed by atoms with van der Waals surface area (Å²) in [7, 11) is 0. The van der Waals surface area contributed by atoms with Crippen LogP contribution in [-0.2, 0) is 0 Å². The van der Waals surface area contributed by atoms with Crippen LogP contribution in [0.1, 0.15) is 43.5 Å². The van der Waals surface area contributed by atoms with Gasteiger partial charge in [-0.1, -0.05) is 19.8 Å². The van der Waals surface area contributed by atoms with Gasteiger partial charge in [0.05, 0.1) is 4.47 Å². The minimum atomic E-state index is -0.142. The molecule has 17 heavy (non-hydrogen) atoms. The first-order chi connectivity index (χ1) is 8.04. The first kappa shape index (κ1) is 14.0. The number of halogens is 1. The molecule has 1 atom stereocenters. The number of aromatic hydroxyl groups is 1. The summed E-state index contributed by atoms with van der Waals surface area (Å²) in [5, 5.41) is 12.4. The zero-order chi connectivity index (χ0) is 12.8. The molecule has 94 valence electrons.